The molecule has 0 aliphatic heterocycles. The zero-order chi connectivity index (χ0) is 24.0. The molecule has 175 valence electrons. The molecule has 1 aromatic heterocycles. The predicted octanol–water partition coefficient (Wildman–Crippen LogP) is 4.26. The lowest BCUT2D eigenvalue weighted by atomic mass is 9.87. The first-order valence-electron chi connectivity index (χ1n) is 10.7. The monoisotopic (exact) mass is 457 g/mol. The Morgan fingerprint density at radius 2 is 1.88 bits per heavy atom. The molecule has 0 fully saturated rings. The van der Waals surface area contributed by atoms with Gasteiger partial charge in [-0.25, -0.2) is 18.2 Å². The van der Waals surface area contributed by atoms with E-state index in [9.17, 15) is 18.0 Å². The van der Waals surface area contributed by atoms with Gasteiger partial charge in [0.2, 0.25) is 5.91 Å². The Morgan fingerprint density at radius 3 is 2.55 bits per heavy atom. The number of imidazole rings is 1. The number of nitrogens with one attached hydrogen (secondary N) is 1. The van der Waals surface area contributed by atoms with Crippen molar-refractivity contribution >= 4 is 5.91 Å². The number of hydrogen-bond donors (Lipinski definition) is 2. The first-order valence-corrected chi connectivity index (χ1v) is 10.7. The minimum absolute atomic E-state index is 0.257. The summed E-state index contributed by atoms with van der Waals surface area (Å²) >= 11 is 0. The molecule has 0 bridgehead atoms. The van der Waals surface area contributed by atoms with Gasteiger partial charge in [0, 0.05) is 37.3 Å². The van der Waals surface area contributed by atoms with Crippen LogP contribution in [0.4, 0.5) is 13.2 Å². The van der Waals surface area contributed by atoms with Crippen LogP contribution in [0.3, 0.4) is 0 Å². The van der Waals surface area contributed by atoms with Gasteiger partial charge in [-0.1, -0.05) is 38.1 Å². The molecular formula is C25H28F3N4O. The molecule has 2 aromatic carbocycles. The lowest BCUT2D eigenvalue weighted by Gasteiger charge is -2.23. The second-order valence-electron chi connectivity index (χ2n) is 8.58. The van der Waals surface area contributed by atoms with E-state index in [1.165, 1.54) is 24.3 Å². The van der Waals surface area contributed by atoms with Gasteiger partial charge in [0.05, 0.1) is 11.1 Å². The first-order chi connectivity index (χ1) is 15.7. The number of hydrogen-bond acceptors (Lipinski definition) is 3. The Morgan fingerprint density at radius 1 is 1.18 bits per heavy atom. The highest BCUT2D eigenvalue weighted by atomic mass is 19.1. The summed E-state index contributed by atoms with van der Waals surface area (Å²) in [5.74, 6) is -0.515. The van der Waals surface area contributed by atoms with E-state index < -0.39 is 18.1 Å². The molecule has 5 nitrogen and oxygen atoms in total. The Bertz CT molecular complexity index is 1100. The van der Waals surface area contributed by atoms with Crippen LogP contribution in [0.5, 0.6) is 0 Å². The summed E-state index contributed by atoms with van der Waals surface area (Å²) in [6.07, 6.45) is 3.79. The molecule has 1 radical (unpaired) electrons. The quantitative estimate of drug-likeness (QED) is 0.478. The highest BCUT2D eigenvalue weighted by Crippen LogP contribution is 2.28. The summed E-state index contributed by atoms with van der Waals surface area (Å²) in [5.41, 5.74) is 6.44. The number of carbonyl (C=O) groups is 1. The predicted molar refractivity (Wildman–Crippen MR) is 122 cm³/mol. The number of nitrogens with two attached hydrogens (primary N) is 1. The largest absolute Gasteiger partial charge is 0.356 e. The van der Waals surface area contributed by atoms with Crippen molar-refractivity contribution < 1.29 is 18.0 Å². The maximum absolute atomic E-state index is 13.8. The van der Waals surface area contributed by atoms with Gasteiger partial charge < -0.3 is 15.6 Å². The molecule has 1 heterocycles. The van der Waals surface area contributed by atoms with E-state index in [1.54, 1.807) is 55.3 Å². The number of nitrogens with zero attached hydrogens (tertiary/aromatic N) is 2. The van der Waals surface area contributed by atoms with Crippen LogP contribution in [0.1, 0.15) is 31.7 Å². The van der Waals surface area contributed by atoms with E-state index >= 15 is 0 Å². The van der Waals surface area contributed by atoms with Crippen molar-refractivity contribution in [2.75, 3.05) is 13.2 Å². The highest BCUT2D eigenvalue weighted by Gasteiger charge is 2.30. The lowest BCUT2D eigenvalue weighted by molar-refractivity contribution is -0.127. The van der Waals surface area contributed by atoms with Gasteiger partial charge >= 0.3 is 0 Å². The van der Waals surface area contributed by atoms with Crippen LogP contribution in [0.15, 0.2) is 54.7 Å². The minimum atomic E-state index is -0.954. The van der Waals surface area contributed by atoms with Crippen molar-refractivity contribution in [3.05, 3.63) is 84.2 Å². The fraction of sp³-hybridized carbons (Fsp3) is 0.320. The highest BCUT2D eigenvalue weighted by molar-refractivity contribution is 5.83. The zero-order valence-electron chi connectivity index (χ0n) is 18.7. The first kappa shape index (κ1) is 24.5. The van der Waals surface area contributed by atoms with Crippen LogP contribution in [0.25, 0.3) is 11.3 Å². The zero-order valence-corrected chi connectivity index (χ0v) is 18.7. The number of rotatable bonds is 10. The Balaban J connectivity index is 1.85. The number of carbonyl (C=O) groups excluding carboxylic acids is 1. The van der Waals surface area contributed by atoms with Crippen molar-refractivity contribution in [3.63, 3.8) is 0 Å². The smallest absolute Gasteiger partial charge is 0.226 e. The summed E-state index contributed by atoms with van der Waals surface area (Å²) in [6.45, 7) is 3.40. The second-order valence-corrected chi connectivity index (χ2v) is 8.58. The molecular weight excluding hydrogens is 429 g/mol. The number of aromatic nitrogens is 2. The fourth-order valence-electron chi connectivity index (χ4n) is 3.36. The molecule has 8 heteroatoms. The molecule has 33 heavy (non-hydrogen) atoms. The standard InChI is InChI=1S/C25H28F3N4O/c1-25(2,24(33)30-10-9-21(29)14-26)13-23-31-22(18-6-4-8-20(28)12-18)16-32(23)15-17-5-3-7-19(27)11-17/h3-8,11-13,16,21H,9-10,14-15,29H2,1-2H3,(H,30,33)/t21-/m1/s1. The average Bonchev–Trinajstić information content (AvgIpc) is 3.15. The maximum Gasteiger partial charge on any atom is 0.226 e. The van der Waals surface area contributed by atoms with Gasteiger partial charge in [-0.3, -0.25) is 4.79 Å². The van der Waals surface area contributed by atoms with Gasteiger partial charge in [-0.15, -0.1) is 0 Å². The summed E-state index contributed by atoms with van der Waals surface area (Å²) in [5, 5.41) is 2.78. The maximum atomic E-state index is 13.8. The van der Waals surface area contributed by atoms with E-state index in [2.05, 4.69) is 10.3 Å². The van der Waals surface area contributed by atoms with Crippen LogP contribution in [-0.2, 0) is 11.3 Å². The van der Waals surface area contributed by atoms with Crippen molar-refractivity contribution in [2.45, 2.75) is 32.9 Å². The van der Waals surface area contributed by atoms with Crippen molar-refractivity contribution in [2.24, 2.45) is 11.1 Å². The molecule has 3 N–H and O–H groups in total. The van der Waals surface area contributed by atoms with E-state index in [0.29, 0.717) is 30.0 Å². The Hall–Kier alpha value is -3.13. The van der Waals surface area contributed by atoms with Gasteiger partial charge in [0.15, 0.2) is 0 Å². The molecule has 0 saturated carbocycles. The summed E-state index contributed by atoms with van der Waals surface area (Å²) in [7, 11) is 0. The molecule has 0 spiro atoms. The Labute approximate surface area is 191 Å². The van der Waals surface area contributed by atoms with Crippen LogP contribution >= 0.6 is 0 Å². The normalized spacial score (nSPS) is 12.5. The minimum Gasteiger partial charge on any atom is -0.356 e. The summed E-state index contributed by atoms with van der Waals surface area (Å²) in [6, 6.07) is 11.7. The molecule has 1 atom stereocenters. The molecule has 0 unspecified atom stereocenters. The molecule has 3 aromatic rings. The van der Waals surface area contributed by atoms with Gasteiger partial charge in [0.1, 0.15) is 24.1 Å². The molecule has 0 saturated heterocycles. The Kier molecular flexibility index (Phi) is 7.92. The van der Waals surface area contributed by atoms with Crippen molar-refractivity contribution in [1.82, 2.24) is 14.9 Å². The topological polar surface area (TPSA) is 72.9 Å². The third kappa shape index (κ3) is 6.68. The number of amides is 1. The molecule has 1 amide bonds. The fourth-order valence-corrected chi connectivity index (χ4v) is 3.36. The van der Waals surface area contributed by atoms with Crippen molar-refractivity contribution in [3.8, 4) is 11.3 Å². The van der Waals surface area contributed by atoms with Crippen molar-refractivity contribution in [1.29, 1.82) is 0 Å². The van der Waals surface area contributed by atoms with E-state index in [1.807, 2.05) is 0 Å². The molecule has 3 rings (SSSR count). The van der Waals surface area contributed by atoms with Crippen LogP contribution in [0.2, 0.25) is 0 Å². The summed E-state index contributed by atoms with van der Waals surface area (Å²) in [4.78, 5) is 17.4. The molecule has 0 aliphatic carbocycles. The van der Waals surface area contributed by atoms with E-state index in [4.69, 9.17) is 5.73 Å². The van der Waals surface area contributed by atoms with E-state index in [0.717, 1.165) is 5.56 Å². The third-order valence-electron chi connectivity index (χ3n) is 5.24. The van der Waals surface area contributed by atoms with Crippen LogP contribution < -0.4 is 11.1 Å². The van der Waals surface area contributed by atoms with Crippen LogP contribution in [0, 0.1) is 23.5 Å². The van der Waals surface area contributed by atoms with E-state index in [-0.39, 0.29) is 24.1 Å². The summed E-state index contributed by atoms with van der Waals surface area (Å²) < 4.78 is 41.8. The van der Waals surface area contributed by atoms with Crippen LogP contribution in [-0.4, -0.2) is 34.7 Å². The SMILES string of the molecule is CC(C)([CH]c1nc(-c2cccc(F)c2)cn1Cc1cccc(F)c1)C(=O)NCC[C@@H](N)CF. The number of alkyl halides is 1. The van der Waals surface area contributed by atoms with Gasteiger partial charge in [-0.05, 0) is 36.2 Å². The third-order valence-corrected chi connectivity index (χ3v) is 5.24. The van der Waals surface area contributed by atoms with Gasteiger partial charge in [0.25, 0.3) is 0 Å². The van der Waals surface area contributed by atoms with Gasteiger partial charge in [-0.2, -0.15) is 0 Å². The number of halogens is 3. The second kappa shape index (κ2) is 10.7. The number of benzene rings is 2. The lowest BCUT2D eigenvalue weighted by Crippen LogP contribution is -2.40. The molecule has 0 aliphatic rings. The average molecular weight is 458 g/mol.